The van der Waals surface area contributed by atoms with E-state index in [4.69, 9.17) is 20.9 Å². The highest BCUT2D eigenvalue weighted by Gasteiger charge is 2.23. The number of amides is 1. The van der Waals surface area contributed by atoms with Crippen molar-refractivity contribution in [1.29, 1.82) is 0 Å². The van der Waals surface area contributed by atoms with Crippen molar-refractivity contribution in [2.75, 3.05) is 23.8 Å². The van der Waals surface area contributed by atoms with Gasteiger partial charge < -0.3 is 31.6 Å². The smallest absolute Gasteiger partial charge is 0.254 e. The molecular weight excluding hydrogens is 432 g/mol. The summed E-state index contributed by atoms with van der Waals surface area (Å²) in [5.41, 5.74) is 14.8. The van der Waals surface area contributed by atoms with Crippen LogP contribution < -0.4 is 31.6 Å². The normalized spacial score (nSPS) is 19.3. The van der Waals surface area contributed by atoms with Crippen molar-refractivity contribution in [3.8, 4) is 22.6 Å². The largest absolute Gasteiger partial charge is 0.486 e. The fourth-order valence-corrected chi connectivity index (χ4v) is 4.34. The van der Waals surface area contributed by atoms with Crippen molar-refractivity contribution < 1.29 is 14.3 Å². The molecule has 0 saturated heterocycles. The number of carbonyl (C=O) groups is 1. The van der Waals surface area contributed by atoms with Gasteiger partial charge >= 0.3 is 0 Å². The van der Waals surface area contributed by atoms with Gasteiger partial charge in [-0.3, -0.25) is 4.79 Å². The molecule has 0 bridgehead atoms. The Morgan fingerprint density at radius 1 is 0.971 bits per heavy atom. The lowest BCUT2D eigenvalue weighted by atomic mass is 9.91. The fraction of sp³-hybridized carbons (Fsp3) is 0.320. The maximum Gasteiger partial charge on any atom is 0.254 e. The van der Waals surface area contributed by atoms with Gasteiger partial charge in [0, 0.05) is 24.0 Å². The molecule has 1 aliphatic heterocycles. The third-order valence-electron chi connectivity index (χ3n) is 6.21. The van der Waals surface area contributed by atoms with E-state index >= 15 is 0 Å². The summed E-state index contributed by atoms with van der Waals surface area (Å²) >= 11 is 0. The van der Waals surface area contributed by atoms with Gasteiger partial charge in [-0.15, -0.1) is 0 Å². The molecule has 6 N–H and O–H groups in total. The number of nitrogens with two attached hydrogens (primary N) is 2. The van der Waals surface area contributed by atoms with Gasteiger partial charge in [-0.05, 0) is 48.2 Å². The Labute approximate surface area is 197 Å². The molecule has 2 aliphatic rings. The van der Waals surface area contributed by atoms with E-state index in [0.717, 1.165) is 54.0 Å². The quantitative estimate of drug-likeness (QED) is 0.439. The minimum absolute atomic E-state index is 0.0534. The van der Waals surface area contributed by atoms with E-state index in [0.29, 0.717) is 25.0 Å². The Morgan fingerprint density at radius 3 is 2.47 bits per heavy atom. The molecule has 2 atom stereocenters. The van der Waals surface area contributed by atoms with Gasteiger partial charge in [0.1, 0.15) is 24.6 Å². The van der Waals surface area contributed by atoms with Gasteiger partial charge in [0.25, 0.3) is 5.91 Å². The second kappa shape index (κ2) is 9.56. The minimum atomic E-state index is -0.601. The molecule has 1 saturated carbocycles. The Bertz CT molecular complexity index is 1180. The van der Waals surface area contributed by atoms with Crippen LogP contribution in [0.1, 0.15) is 36.0 Å². The van der Waals surface area contributed by atoms with Crippen LogP contribution in [0, 0.1) is 0 Å². The lowest BCUT2D eigenvalue weighted by molar-refractivity contribution is 0.100. The predicted molar refractivity (Wildman–Crippen MR) is 131 cm³/mol. The summed E-state index contributed by atoms with van der Waals surface area (Å²) in [6.45, 7) is 1.11. The number of hydrogen-bond acceptors (Lipinski definition) is 8. The molecule has 1 amide bonds. The standard InChI is InChI=1S/C25H28N6O3/c26-19-3-1-2-4-20(19)30-25-28-14-18(23(27)32)24(31-25)29-17-8-5-15(6-9-17)16-7-10-21-22(13-16)34-12-11-33-21/h5-10,13-14,19-20H,1-4,11-12,26H2,(H2,27,32)(H2,28,29,30,31)/t19-,20+/m0/s1. The van der Waals surface area contributed by atoms with Gasteiger partial charge in [0.05, 0.1) is 0 Å². The second-order valence-electron chi connectivity index (χ2n) is 8.58. The third-order valence-corrected chi connectivity index (χ3v) is 6.21. The molecule has 1 aromatic heterocycles. The lowest BCUT2D eigenvalue weighted by Gasteiger charge is -2.29. The first kappa shape index (κ1) is 22.0. The van der Waals surface area contributed by atoms with Crippen LogP contribution in [0.2, 0.25) is 0 Å². The van der Waals surface area contributed by atoms with Crippen molar-refractivity contribution in [3.05, 3.63) is 54.2 Å². The van der Waals surface area contributed by atoms with Crippen LogP contribution >= 0.6 is 0 Å². The first-order valence-electron chi connectivity index (χ1n) is 11.5. The monoisotopic (exact) mass is 460 g/mol. The summed E-state index contributed by atoms with van der Waals surface area (Å²) in [6, 6.07) is 13.9. The number of anilines is 3. The van der Waals surface area contributed by atoms with Crippen molar-refractivity contribution >= 4 is 23.4 Å². The van der Waals surface area contributed by atoms with E-state index in [1.807, 2.05) is 42.5 Å². The molecule has 1 fully saturated rings. The molecule has 176 valence electrons. The van der Waals surface area contributed by atoms with Gasteiger partial charge in [-0.1, -0.05) is 31.0 Å². The zero-order valence-electron chi connectivity index (χ0n) is 18.8. The summed E-state index contributed by atoms with van der Waals surface area (Å²) in [4.78, 5) is 20.8. The maximum atomic E-state index is 12.0. The molecule has 2 heterocycles. The van der Waals surface area contributed by atoms with Crippen molar-refractivity contribution in [1.82, 2.24) is 9.97 Å². The summed E-state index contributed by atoms with van der Waals surface area (Å²) in [7, 11) is 0. The van der Waals surface area contributed by atoms with E-state index in [1.165, 1.54) is 6.20 Å². The van der Waals surface area contributed by atoms with E-state index in [2.05, 4.69) is 20.6 Å². The molecule has 1 aliphatic carbocycles. The van der Waals surface area contributed by atoms with E-state index in [9.17, 15) is 4.79 Å². The van der Waals surface area contributed by atoms with Crippen LogP contribution in [-0.2, 0) is 0 Å². The number of fused-ring (bicyclic) bond motifs is 1. The number of carbonyl (C=O) groups excluding carboxylic acids is 1. The van der Waals surface area contributed by atoms with Gasteiger partial charge in [-0.25, -0.2) is 4.98 Å². The first-order valence-corrected chi connectivity index (χ1v) is 11.5. The predicted octanol–water partition coefficient (Wildman–Crippen LogP) is 3.44. The summed E-state index contributed by atoms with van der Waals surface area (Å²) in [5, 5.41) is 6.52. The number of benzene rings is 2. The summed E-state index contributed by atoms with van der Waals surface area (Å²) < 4.78 is 11.3. The van der Waals surface area contributed by atoms with E-state index in [-0.39, 0.29) is 17.6 Å². The van der Waals surface area contributed by atoms with Crippen molar-refractivity contribution in [2.45, 2.75) is 37.8 Å². The lowest BCUT2D eigenvalue weighted by Crippen LogP contribution is -2.43. The number of nitrogens with zero attached hydrogens (tertiary/aromatic N) is 2. The highest BCUT2D eigenvalue weighted by Crippen LogP contribution is 2.35. The number of hydrogen-bond donors (Lipinski definition) is 4. The molecule has 5 rings (SSSR count). The Morgan fingerprint density at radius 2 is 1.71 bits per heavy atom. The zero-order chi connectivity index (χ0) is 23.5. The second-order valence-corrected chi connectivity index (χ2v) is 8.58. The SMILES string of the molecule is NC(=O)c1cnc(N[C@@H]2CCCC[C@@H]2N)nc1Nc1ccc(-c2ccc3c(c2)OCCO3)cc1. The highest BCUT2D eigenvalue weighted by atomic mass is 16.6. The molecule has 9 nitrogen and oxygen atoms in total. The Hall–Kier alpha value is -3.85. The van der Waals surface area contributed by atoms with Gasteiger partial charge in [-0.2, -0.15) is 4.98 Å². The van der Waals surface area contributed by atoms with Crippen LogP contribution in [0.3, 0.4) is 0 Å². The van der Waals surface area contributed by atoms with Crippen molar-refractivity contribution in [3.63, 3.8) is 0 Å². The van der Waals surface area contributed by atoms with E-state index in [1.54, 1.807) is 0 Å². The van der Waals surface area contributed by atoms with Crippen LogP contribution in [0.15, 0.2) is 48.7 Å². The topological polar surface area (TPSA) is 137 Å². The number of ether oxygens (including phenoxy) is 2. The van der Waals surface area contributed by atoms with Crippen LogP contribution in [0.25, 0.3) is 11.1 Å². The van der Waals surface area contributed by atoms with Crippen molar-refractivity contribution in [2.24, 2.45) is 11.5 Å². The maximum absolute atomic E-state index is 12.0. The average molecular weight is 461 g/mol. The number of nitrogens with one attached hydrogen (secondary N) is 2. The highest BCUT2D eigenvalue weighted by molar-refractivity contribution is 5.98. The molecule has 0 unspecified atom stereocenters. The molecule has 9 heteroatoms. The average Bonchev–Trinajstić information content (AvgIpc) is 2.86. The minimum Gasteiger partial charge on any atom is -0.486 e. The number of primary amides is 1. The van der Waals surface area contributed by atoms with Crippen LogP contribution in [0.5, 0.6) is 11.5 Å². The summed E-state index contributed by atoms with van der Waals surface area (Å²) in [6.07, 6.45) is 5.63. The molecule has 34 heavy (non-hydrogen) atoms. The third kappa shape index (κ3) is 4.74. The van der Waals surface area contributed by atoms with Gasteiger partial charge in [0.2, 0.25) is 5.95 Å². The first-order chi connectivity index (χ1) is 16.6. The number of rotatable bonds is 6. The zero-order valence-corrected chi connectivity index (χ0v) is 18.8. The molecule has 0 spiro atoms. The van der Waals surface area contributed by atoms with Crippen LogP contribution in [-0.4, -0.2) is 41.2 Å². The van der Waals surface area contributed by atoms with E-state index < -0.39 is 5.91 Å². The molecular formula is C25H28N6O3. The van der Waals surface area contributed by atoms with Gasteiger partial charge in [0.15, 0.2) is 11.5 Å². The Balaban J connectivity index is 1.35. The number of aromatic nitrogens is 2. The molecule has 2 aromatic carbocycles. The summed E-state index contributed by atoms with van der Waals surface area (Å²) in [5.74, 6) is 1.67. The molecule has 0 radical (unpaired) electrons. The Kier molecular flexibility index (Phi) is 6.18. The van der Waals surface area contributed by atoms with Crippen LogP contribution in [0.4, 0.5) is 17.5 Å². The molecule has 3 aromatic rings. The fourth-order valence-electron chi connectivity index (χ4n) is 4.34.